The molecule has 100 valence electrons. The molecule has 3 nitrogen and oxygen atoms in total. The summed E-state index contributed by atoms with van der Waals surface area (Å²) in [6, 6.07) is 3.12. The summed E-state index contributed by atoms with van der Waals surface area (Å²) in [6.45, 7) is 5.89. The van der Waals surface area contributed by atoms with Gasteiger partial charge in [0.1, 0.15) is 11.6 Å². The Labute approximate surface area is 106 Å². The predicted octanol–water partition coefficient (Wildman–Crippen LogP) is 2.54. The van der Waals surface area contributed by atoms with Crippen molar-refractivity contribution >= 4 is 11.6 Å². The lowest BCUT2D eigenvalue weighted by Gasteiger charge is -2.17. The molecule has 0 spiro atoms. The van der Waals surface area contributed by atoms with Crippen LogP contribution >= 0.6 is 0 Å². The van der Waals surface area contributed by atoms with E-state index in [-0.39, 0.29) is 24.2 Å². The van der Waals surface area contributed by atoms with Crippen LogP contribution in [0.5, 0.6) is 0 Å². The maximum Gasteiger partial charge on any atom is 0.239 e. The quantitative estimate of drug-likeness (QED) is 0.850. The molecule has 1 rings (SSSR count). The maximum absolute atomic E-state index is 12.9. The minimum absolute atomic E-state index is 0.0139. The molecule has 0 aliphatic heterocycles. The van der Waals surface area contributed by atoms with Crippen LogP contribution in [-0.4, -0.2) is 18.5 Å². The van der Waals surface area contributed by atoms with E-state index in [0.717, 1.165) is 18.2 Å². The molecule has 0 fully saturated rings. The first kappa shape index (κ1) is 14.4. The van der Waals surface area contributed by atoms with Crippen LogP contribution in [0.3, 0.4) is 0 Å². The van der Waals surface area contributed by atoms with Gasteiger partial charge in [-0.2, -0.15) is 0 Å². The van der Waals surface area contributed by atoms with Crippen molar-refractivity contribution in [1.29, 1.82) is 0 Å². The molecule has 0 bridgehead atoms. The molecule has 1 unspecified atom stereocenters. The van der Waals surface area contributed by atoms with Gasteiger partial charge in [0, 0.05) is 17.8 Å². The molecule has 1 aromatic carbocycles. The number of hydrogen-bond donors (Lipinski definition) is 2. The molecule has 0 aliphatic rings. The Hall–Kier alpha value is -1.65. The number of anilines is 1. The van der Waals surface area contributed by atoms with Crippen molar-refractivity contribution in [2.24, 2.45) is 5.92 Å². The summed E-state index contributed by atoms with van der Waals surface area (Å²) < 4.78 is 25.8. The highest BCUT2D eigenvalue weighted by Gasteiger charge is 2.10. The predicted molar refractivity (Wildman–Crippen MR) is 67.3 cm³/mol. The lowest BCUT2D eigenvalue weighted by atomic mass is 10.1. The topological polar surface area (TPSA) is 41.1 Å². The number of benzene rings is 1. The smallest absolute Gasteiger partial charge is 0.239 e. The van der Waals surface area contributed by atoms with E-state index in [4.69, 9.17) is 0 Å². The molecule has 0 aromatic heterocycles. The van der Waals surface area contributed by atoms with Gasteiger partial charge in [0.25, 0.3) is 0 Å². The van der Waals surface area contributed by atoms with Crippen molar-refractivity contribution in [2.45, 2.75) is 26.8 Å². The van der Waals surface area contributed by atoms with Crippen molar-refractivity contribution in [1.82, 2.24) is 5.32 Å². The largest absolute Gasteiger partial charge is 0.376 e. The molecule has 0 radical (unpaired) electrons. The van der Waals surface area contributed by atoms with E-state index in [0.29, 0.717) is 5.92 Å². The van der Waals surface area contributed by atoms with Gasteiger partial charge in [0.05, 0.1) is 6.54 Å². The van der Waals surface area contributed by atoms with Crippen molar-refractivity contribution < 1.29 is 13.6 Å². The van der Waals surface area contributed by atoms with E-state index in [1.165, 1.54) is 0 Å². The summed E-state index contributed by atoms with van der Waals surface area (Å²) in [6.07, 6.45) is 0. The fourth-order valence-corrected chi connectivity index (χ4v) is 1.31. The van der Waals surface area contributed by atoms with E-state index < -0.39 is 11.6 Å². The number of nitrogens with one attached hydrogen (secondary N) is 2. The van der Waals surface area contributed by atoms with Gasteiger partial charge in [0.2, 0.25) is 5.91 Å². The van der Waals surface area contributed by atoms with Crippen molar-refractivity contribution in [3.8, 4) is 0 Å². The van der Waals surface area contributed by atoms with Gasteiger partial charge in [-0.25, -0.2) is 8.78 Å². The number of carbonyl (C=O) groups is 1. The molecule has 1 aromatic rings. The SMILES string of the molecule is CC(C)C(C)NC(=O)CNc1cc(F)cc(F)c1. The highest BCUT2D eigenvalue weighted by Crippen LogP contribution is 2.12. The number of rotatable bonds is 5. The Morgan fingerprint density at radius 3 is 2.22 bits per heavy atom. The maximum atomic E-state index is 12.9. The van der Waals surface area contributed by atoms with Crippen molar-refractivity contribution in [3.05, 3.63) is 29.8 Å². The van der Waals surface area contributed by atoms with E-state index in [1.807, 2.05) is 20.8 Å². The Morgan fingerprint density at radius 2 is 1.72 bits per heavy atom. The van der Waals surface area contributed by atoms with Gasteiger partial charge in [-0.1, -0.05) is 13.8 Å². The Bertz CT molecular complexity index is 401. The van der Waals surface area contributed by atoms with E-state index in [1.54, 1.807) is 0 Å². The van der Waals surface area contributed by atoms with Gasteiger partial charge in [-0.15, -0.1) is 0 Å². The van der Waals surface area contributed by atoms with Gasteiger partial charge >= 0.3 is 0 Å². The van der Waals surface area contributed by atoms with Gasteiger partial charge < -0.3 is 10.6 Å². The van der Waals surface area contributed by atoms with Crippen LogP contribution in [0.15, 0.2) is 18.2 Å². The van der Waals surface area contributed by atoms with Gasteiger partial charge in [0.15, 0.2) is 0 Å². The van der Waals surface area contributed by atoms with Crippen LogP contribution in [0.1, 0.15) is 20.8 Å². The molecule has 1 amide bonds. The summed E-state index contributed by atoms with van der Waals surface area (Å²) in [5.41, 5.74) is 0.250. The minimum Gasteiger partial charge on any atom is -0.376 e. The molecular weight excluding hydrogens is 238 g/mol. The highest BCUT2D eigenvalue weighted by molar-refractivity contribution is 5.80. The number of halogens is 2. The lowest BCUT2D eigenvalue weighted by Crippen LogP contribution is -2.39. The zero-order chi connectivity index (χ0) is 13.7. The molecule has 0 saturated heterocycles. The van der Waals surface area contributed by atoms with Crippen LogP contribution in [0, 0.1) is 17.6 Å². The van der Waals surface area contributed by atoms with Crippen molar-refractivity contribution in [2.75, 3.05) is 11.9 Å². The summed E-state index contributed by atoms with van der Waals surface area (Å²) >= 11 is 0. The minimum atomic E-state index is -0.673. The average molecular weight is 256 g/mol. The van der Waals surface area contributed by atoms with E-state index >= 15 is 0 Å². The summed E-state index contributed by atoms with van der Waals surface area (Å²) in [5, 5.41) is 5.47. The van der Waals surface area contributed by atoms with E-state index in [2.05, 4.69) is 10.6 Å². The first-order valence-corrected chi connectivity index (χ1v) is 5.88. The molecule has 1 atom stereocenters. The average Bonchev–Trinajstić information content (AvgIpc) is 2.25. The molecule has 0 heterocycles. The number of carbonyl (C=O) groups excluding carboxylic acids is 1. The number of amides is 1. The standard InChI is InChI=1S/C13H18F2N2O/c1-8(2)9(3)17-13(18)7-16-12-5-10(14)4-11(15)6-12/h4-6,8-9,16H,7H2,1-3H3,(H,17,18). The normalized spacial score (nSPS) is 12.3. The first-order chi connectivity index (χ1) is 8.38. The Balaban J connectivity index is 2.47. The lowest BCUT2D eigenvalue weighted by molar-refractivity contribution is -0.120. The third-order valence-corrected chi connectivity index (χ3v) is 2.70. The first-order valence-electron chi connectivity index (χ1n) is 5.88. The zero-order valence-electron chi connectivity index (χ0n) is 10.8. The highest BCUT2D eigenvalue weighted by atomic mass is 19.1. The van der Waals surface area contributed by atoms with Crippen molar-refractivity contribution in [3.63, 3.8) is 0 Å². The Kier molecular flexibility index (Phi) is 5.07. The second-order valence-electron chi connectivity index (χ2n) is 4.61. The third-order valence-electron chi connectivity index (χ3n) is 2.70. The van der Waals surface area contributed by atoms with Crippen LogP contribution in [0.2, 0.25) is 0 Å². The third kappa shape index (κ3) is 4.69. The monoisotopic (exact) mass is 256 g/mol. The van der Waals surface area contributed by atoms with Gasteiger partial charge in [-0.3, -0.25) is 4.79 Å². The fraction of sp³-hybridized carbons (Fsp3) is 0.462. The van der Waals surface area contributed by atoms with E-state index in [9.17, 15) is 13.6 Å². The molecule has 0 saturated carbocycles. The van der Waals surface area contributed by atoms with Crippen LogP contribution < -0.4 is 10.6 Å². The van der Waals surface area contributed by atoms with Crippen LogP contribution in [-0.2, 0) is 4.79 Å². The summed E-state index contributed by atoms with van der Waals surface area (Å²) in [4.78, 5) is 11.5. The number of hydrogen-bond acceptors (Lipinski definition) is 2. The second-order valence-corrected chi connectivity index (χ2v) is 4.61. The van der Waals surface area contributed by atoms with Crippen LogP contribution in [0.4, 0.5) is 14.5 Å². The molecular formula is C13H18F2N2O. The Morgan fingerprint density at radius 1 is 1.17 bits per heavy atom. The van der Waals surface area contributed by atoms with Gasteiger partial charge in [-0.05, 0) is 25.0 Å². The molecule has 0 aliphatic carbocycles. The molecule has 5 heteroatoms. The summed E-state index contributed by atoms with van der Waals surface area (Å²) in [7, 11) is 0. The molecule has 18 heavy (non-hydrogen) atoms. The molecule has 2 N–H and O–H groups in total. The summed E-state index contributed by atoms with van der Waals surface area (Å²) in [5.74, 6) is -1.22. The second kappa shape index (κ2) is 6.33. The fourth-order valence-electron chi connectivity index (χ4n) is 1.31. The van der Waals surface area contributed by atoms with Crippen LogP contribution in [0.25, 0.3) is 0 Å². The zero-order valence-corrected chi connectivity index (χ0v) is 10.8.